The minimum atomic E-state index is 0.530. The first-order valence-corrected chi connectivity index (χ1v) is 8.65. The molecule has 0 saturated heterocycles. The van der Waals surface area contributed by atoms with Crippen molar-refractivity contribution in [3.8, 4) is 39.2 Å². The van der Waals surface area contributed by atoms with Crippen LogP contribution in [0.15, 0.2) is 42.5 Å². The number of hydrogen-bond donors (Lipinski definition) is 0. The molecule has 0 fully saturated rings. The molecule has 0 saturated carbocycles. The SMILES string of the molecule is COc1cc(-c2nnc3sc(-c4ccccc4)nn23)cc(OC)c1OC. The highest BCUT2D eigenvalue weighted by molar-refractivity contribution is 7.19. The molecule has 2 aromatic carbocycles. The van der Waals surface area contributed by atoms with E-state index in [0.29, 0.717) is 28.0 Å². The predicted octanol–water partition coefficient (Wildman–Crippen LogP) is 3.55. The first-order valence-electron chi connectivity index (χ1n) is 7.83. The molecule has 132 valence electrons. The number of methoxy groups -OCH3 is 3. The normalized spacial score (nSPS) is 10.9. The van der Waals surface area contributed by atoms with Gasteiger partial charge in [0.2, 0.25) is 10.7 Å². The molecule has 0 atom stereocenters. The minimum Gasteiger partial charge on any atom is -0.493 e. The van der Waals surface area contributed by atoms with E-state index < -0.39 is 0 Å². The van der Waals surface area contributed by atoms with E-state index in [1.54, 1.807) is 25.8 Å². The molecule has 0 N–H and O–H groups in total. The summed E-state index contributed by atoms with van der Waals surface area (Å²) in [5.74, 6) is 2.25. The Morgan fingerprint density at radius 2 is 1.54 bits per heavy atom. The van der Waals surface area contributed by atoms with E-state index in [2.05, 4.69) is 15.3 Å². The second kappa shape index (κ2) is 6.64. The van der Waals surface area contributed by atoms with Crippen molar-refractivity contribution in [3.63, 3.8) is 0 Å². The van der Waals surface area contributed by atoms with Crippen LogP contribution in [0.4, 0.5) is 0 Å². The molecule has 0 spiro atoms. The van der Waals surface area contributed by atoms with Crippen molar-refractivity contribution in [3.05, 3.63) is 42.5 Å². The summed E-state index contributed by atoms with van der Waals surface area (Å²) in [6.45, 7) is 0. The molecule has 0 aliphatic carbocycles. The van der Waals surface area contributed by atoms with Gasteiger partial charge in [-0.25, -0.2) is 0 Å². The number of nitrogens with zero attached hydrogens (tertiary/aromatic N) is 4. The number of rotatable bonds is 5. The topological polar surface area (TPSA) is 70.8 Å². The van der Waals surface area contributed by atoms with Gasteiger partial charge in [0.05, 0.1) is 21.3 Å². The van der Waals surface area contributed by atoms with Crippen molar-refractivity contribution < 1.29 is 14.2 Å². The Kier molecular flexibility index (Phi) is 4.18. The predicted molar refractivity (Wildman–Crippen MR) is 99.2 cm³/mol. The van der Waals surface area contributed by atoms with Crippen LogP contribution in [-0.2, 0) is 0 Å². The molecular weight excluding hydrogens is 352 g/mol. The number of aromatic nitrogens is 4. The fourth-order valence-corrected chi connectivity index (χ4v) is 3.55. The summed E-state index contributed by atoms with van der Waals surface area (Å²) in [7, 11) is 4.73. The van der Waals surface area contributed by atoms with Crippen LogP contribution in [0, 0.1) is 0 Å². The molecule has 0 aliphatic heterocycles. The lowest BCUT2D eigenvalue weighted by molar-refractivity contribution is 0.324. The zero-order valence-electron chi connectivity index (χ0n) is 14.5. The summed E-state index contributed by atoms with van der Waals surface area (Å²) in [6, 6.07) is 13.6. The lowest BCUT2D eigenvalue weighted by Gasteiger charge is -2.13. The zero-order chi connectivity index (χ0) is 18.1. The van der Waals surface area contributed by atoms with E-state index in [-0.39, 0.29) is 0 Å². The van der Waals surface area contributed by atoms with Gasteiger partial charge in [0.1, 0.15) is 5.01 Å². The summed E-state index contributed by atoms with van der Waals surface area (Å²) in [4.78, 5) is 0.715. The molecule has 0 unspecified atom stereocenters. The quantitative estimate of drug-likeness (QED) is 0.537. The van der Waals surface area contributed by atoms with Crippen molar-refractivity contribution in [2.75, 3.05) is 21.3 Å². The smallest absolute Gasteiger partial charge is 0.235 e. The third-order valence-corrected chi connectivity index (χ3v) is 4.88. The Morgan fingerprint density at radius 3 is 2.15 bits per heavy atom. The van der Waals surface area contributed by atoms with Gasteiger partial charge in [-0.2, -0.15) is 9.61 Å². The fraction of sp³-hybridized carbons (Fsp3) is 0.167. The molecule has 4 rings (SSSR count). The van der Waals surface area contributed by atoms with E-state index in [9.17, 15) is 0 Å². The van der Waals surface area contributed by atoms with Crippen LogP contribution in [0.2, 0.25) is 0 Å². The lowest BCUT2D eigenvalue weighted by Crippen LogP contribution is -1.97. The first-order chi connectivity index (χ1) is 12.7. The molecule has 2 aromatic heterocycles. The van der Waals surface area contributed by atoms with Crippen LogP contribution in [-0.4, -0.2) is 41.1 Å². The highest BCUT2D eigenvalue weighted by Gasteiger charge is 2.19. The van der Waals surface area contributed by atoms with Gasteiger partial charge >= 0.3 is 0 Å². The zero-order valence-corrected chi connectivity index (χ0v) is 15.3. The maximum atomic E-state index is 5.42. The van der Waals surface area contributed by atoms with Gasteiger partial charge < -0.3 is 14.2 Å². The van der Waals surface area contributed by atoms with Crippen LogP contribution >= 0.6 is 11.3 Å². The van der Waals surface area contributed by atoms with Gasteiger partial charge in [0.15, 0.2) is 17.3 Å². The van der Waals surface area contributed by atoms with Crippen LogP contribution in [0.25, 0.3) is 26.9 Å². The molecule has 0 bridgehead atoms. The van der Waals surface area contributed by atoms with Crippen molar-refractivity contribution >= 4 is 16.3 Å². The van der Waals surface area contributed by atoms with Gasteiger partial charge in [-0.1, -0.05) is 41.7 Å². The van der Waals surface area contributed by atoms with E-state index in [1.165, 1.54) is 11.3 Å². The molecular formula is C18H16N4O3S. The summed E-state index contributed by atoms with van der Waals surface area (Å²) in [5, 5.41) is 14.1. The second-order valence-electron chi connectivity index (χ2n) is 5.41. The summed E-state index contributed by atoms with van der Waals surface area (Å²) >= 11 is 1.48. The Balaban J connectivity index is 1.86. The van der Waals surface area contributed by atoms with E-state index in [4.69, 9.17) is 14.2 Å². The average Bonchev–Trinajstić information content (AvgIpc) is 3.28. The van der Waals surface area contributed by atoms with Crippen LogP contribution in [0.3, 0.4) is 0 Å². The van der Waals surface area contributed by atoms with Crippen LogP contribution in [0.5, 0.6) is 17.2 Å². The molecule has 4 aromatic rings. The summed E-state index contributed by atoms with van der Waals surface area (Å²) in [6.07, 6.45) is 0. The Bertz CT molecular complexity index is 1030. The monoisotopic (exact) mass is 368 g/mol. The Labute approximate surface area is 153 Å². The van der Waals surface area contributed by atoms with Gasteiger partial charge in [0.25, 0.3) is 0 Å². The molecule has 0 amide bonds. The maximum absolute atomic E-state index is 5.42. The standard InChI is InChI=1S/C18H16N4O3S/c1-23-13-9-12(10-14(24-2)15(13)25-3)16-19-20-18-22(16)21-17(26-18)11-7-5-4-6-8-11/h4-10H,1-3H3. The Morgan fingerprint density at radius 1 is 0.846 bits per heavy atom. The van der Waals surface area contributed by atoms with Crippen molar-refractivity contribution in [1.29, 1.82) is 0 Å². The molecule has 8 heteroatoms. The Hall–Kier alpha value is -3.13. The summed E-state index contributed by atoms with van der Waals surface area (Å²) < 4.78 is 18.0. The molecule has 7 nitrogen and oxygen atoms in total. The molecule has 26 heavy (non-hydrogen) atoms. The highest BCUT2D eigenvalue weighted by atomic mass is 32.1. The molecule has 2 heterocycles. The minimum absolute atomic E-state index is 0.530. The largest absolute Gasteiger partial charge is 0.493 e. The third kappa shape index (κ3) is 2.64. The first kappa shape index (κ1) is 16.3. The fourth-order valence-electron chi connectivity index (χ4n) is 2.70. The highest BCUT2D eigenvalue weighted by Crippen LogP contribution is 2.41. The van der Waals surface area contributed by atoms with Gasteiger partial charge in [-0.05, 0) is 12.1 Å². The van der Waals surface area contributed by atoms with Crippen LogP contribution < -0.4 is 14.2 Å². The second-order valence-corrected chi connectivity index (χ2v) is 6.36. The number of hydrogen-bond acceptors (Lipinski definition) is 7. The van der Waals surface area contributed by atoms with Crippen molar-refractivity contribution in [1.82, 2.24) is 19.8 Å². The maximum Gasteiger partial charge on any atom is 0.235 e. The number of fused-ring (bicyclic) bond motifs is 1. The van der Waals surface area contributed by atoms with E-state index >= 15 is 0 Å². The number of benzene rings is 2. The van der Waals surface area contributed by atoms with Crippen molar-refractivity contribution in [2.24, 2.45) is 0 Å². The number of ether oxygens (including phenoxy) is 3. The summed E-state index contributed by atoms with van der Waals surface area (Å²) in [5.41, 5.74) is 1.82. The van der Waals surface area contributed by atoms with Gasteiger partial charge in [0, 0.05) is 11.1 Å². The van der Waals surface area contributed by atoms with E-state index in [1.807, 2.05) is 42.5 Å². The molecule has 0 aliphatic rings. The average molecular weight is 368 g/mol. The van der Waals surface area contributed by atoms with Crippen LogP contribution in [0.1, 0.15) is 0 Å². The van der Waals surface area contributed by atoms with Crippen molar-refractivity contribution in [2.45, 2.75) is 0 Å². The van der Waals surface area contributed by atoms with Gasteiger partial charge in [-0.15, -0.1) is 10.2 Å². The molecule has 0 radical (unpaired) electrons. The van der Waals surface area contributed by atoms with E-state index in [0.717, 1.165) is 16.1 Å². The lowest BCUT2D eigenvalue weighted by atomic mass is 10.1. The third-order valence-electron chi connectivity index (χ3n) is 3.93. The van der Waals surface area contributed by atoms with Gasteiger partial charge in [-0.3, -0.25) is 0 Å².